The first kappa shape index (κ1) is 19.8. The summed E-state index contributed by atoms with van der Waals surface area (Å²) in [5.41, 5.74) is -0.221. The van der Waals surface area contributed by atoms with Gasteiger partial charge in [0.1, 0.15) is 10.1 Å². The average Bonchev–Trinajstić information content (AvgIpc) is 2.87. The molecule has 2 fully saturated rings. The van der Waals surface area contributed by atoms with Crippen LogP contribution in [0.1, 0.15) is 36.0 Å². The number of hydrogen-bond donors (Lipinski definition) is 1. The molecule has 1 aliphatic carbocycles. The van der Waals surface area contributed by atoms with Gasteiger partial charge in [-0.2, -0.15) is 0 Å². The minimum atomic E-state index is -4.88. The number of Topliss-reactive ketones (excluding diaryl/α,β-unsaturated/α-hetero) is 1. The van der Waals surface area contributed by atoms with Crippen molar-refractivity contribution < 1.29 is 57.2 Å². The summed E-state index contributed by atoms with van der Waals surface area (Å²) in [6.45, 7) is -0.520. The normalized spacial score (nSPS) is 37.3. The van der Waals surface area contributed by atoms with E-state index >= 15 is 0 Å². The van der Waals surface area contributed by atoms with Crippen LogP contribution in [0.5, 0.6) is 0 Å². The second-order valence-electron chi connectivity index (χ2n) is 6.91. The quantitative estimate of drug-likeness (QED) is 0.460. The summed E-state index contributed by atoms with van der Waals surface area (Å²) in [6.07, 6.45) is 1.31. The number of rotatable bonds is 1. The molecule has 1 spiro atoms. The predicted molar refractivity (Wildman–Crippen MR) is 85.7 cm³/mol. The van der Waals surface area contributed by atoms with Gasteiger partial charge in [0.05, 0.1) is 12.2 Å². The Morgan fingerprint density at radius 3 is 2.72 bits per heavy atom. The number of benzene rings is 1. The van der Waals surface area contributed by atoms with Gasteiger partial charge in [0.2, 0.25) is 0 Å². The fourth-order valence-electron chi connectivity index (χ4n) is 4.10. The zero-order valence-electron chi connectivity index (χ0n) is 13.8. The van der Waals surface area contributed by atoms with E-state index in [9.17, 15) is 22.9 Å². The van der Waals surface area contributed by atoms with Crippen LogP contribution in [0.2, 0.25) is 0 Å². The van der Waals surface area contributed by atoms with Crippen molar-refractivity contribution in [2.75, 3.05) is 6.61 Å². The van der Waals surface area contributed by atoms with Gasteiger partial charge >= 0.3 is 29.6 Å². The fraction of sp³-hybridized carbons (Fsp3) is 0.562. The zero-order valence-corrected chi connectivity index (χ0v) is 17.4. The molecule has 0 aromatic heterocycles. The Hall–Kier alpha value is 0.0700. The fourth-order valence-corrected chi connectivity index (χ4v) is 6.14. The van der Waals surface area contributed by atoms with E-state index in [1.807, 2.05) is 18.2 Å². The molecule has 1 aromatic carbocycles. The van der Waals surface area contributed by atoms with Crippen LogP contribution < -0.4 is 29.6 Å². The molecule has 9 heteroatoms. The van der Waals surface area contributed by atoms with Gasteiger partial charge in [0.25, 0.3) is 0 Å². The largest absolute Gasteiger partial charge is 1.00 e. The van der Waals surface area contributed by atoms with Crippen molar-refractivity contribution >= 4 is 27.7 Å². The maximum atomic E-state index is 12.8. The van der Waals surface area contributed by atoms with Gasteiger partial charge < -0.3 is 14.4 Å². The Morgan fingerprint density at radius 1 is 1.32 bits per heavy atom. The maximum Gasteiger partial charge on any atom is 1.00 e. The summed E-state index contributed by atoms with van der Waals surface area (Å²) >= 11 is 1.67. The Kier molecular flexibility index (Phi) is 5.23. The van der Waals surface area contributed by atoms with Crippen molar-refractivity contribution in [3.8, 4) is 0 Å². The molecule has 2 heterocycles. The summed E-state index contributed by atoms with van der Waals surface area (Å²) < 4.78 is 39.6. The van der Waals surface area contributed by atoms with Gasteiger partial charge in [-0.05, 0) is 25.3 Å². The molecule has 6 nitrogen and oxygen atoms in total. The van der Waals surface area contributed by atoms with Gasteiger partial charge in [-0.1, -0.05) is 18.2 Å². The summed E-state index contributed by atoms with van der Waals surface area (Å²) in [5, 5.41) is 10.3. The Balaban J connectivity index is 0.00000182. The van der Waals surface area contributed by atoms with Crippen molar-refractivity contribution in [1.29, 1.82) is 0 Å². The molecule has 1 saturated heterocycles. The van der Waals surface area contributed by atoms with E-state index in [0.717, 1.165) is 4.90 Å². The second kappa shape index (κ2) is 6.60. The molecule has 4 atom stereocenters. The first-order chi connectivity index (χ1) is 11.2. The summed E-state index contributed by atoms with van der Waals surface area (Å²) in [6, 6.07) is 7.47. The van der Waals surface area contributed by atoms with Crippen molar-refractivity contribution in [2.24, 2.45) is 5.92 Å². The van der Waals surface area contributed by atoms with Crippen LogP contribution >= 0.6 is 11.8 Å². The van der Waals surface area contributed by atoms with E-state index in [1.165, 1.54) is 0 Å². The number of thioether (sulfide) groups is 1. The number of fused-ring (bicyclic) bond motifs is 2. The van der Waals surface area contributed by atoms with Gasteiger partial charge in [-0.15, -0.1) is 11.8 Å². The summed E-state index contributed by atoms with van der Waals surface area (Å²) in [4.78, 5) is 11.4. The third-order valence-corrected chi connectivity index (χ3v) is 8.03. The number of ketones is 1. The summed E-state index contributed by atoms with van der Waals surface area (Å²) in [5.74, 6) is -0.243. The summed E-state index contributed by atoms with van der Waals surface area (Å²) in [7, 11) is -4.88. The Labute approximate surface area is 172 Å². The molecule has 0 amide bonds. The molecule has 0 bridgehead atoms. The predicted octanol–water partition coefficient (Wildman–Crippen LogP) is -1.46. The van der Waals surface area contributed by atoms with Crippen molar-refractivity contribution in [3.63, 3.8) is 0 Å². The Morgan fingerprint density at radius 2 is 2.04 bits per heavy atom. The van der Waals surface area contributed by atoms with Crippen LogP contribution in [0.3, 0.4) is 0 Å². The number of carbonyl (C=O) groups is 1. The number of carbonyl (C=O) groups excluding carboxylic acids is 1. The van der Waals surface area contributed by atoms with Crippen LogP contribution in [0.15, 0.2) is 29.2 Å². The maximum absolute atomic E-state index is 12.8. The number of ether oxygens (including phenoxy) is 1. The van der Waals surface area contributed by atoms with E-state index in [2.05, 4.69) is 0 Å². The first-order valence-corrected chi connectivity index (χ1v) is 10.1. The van der Waals surface area contributed by atoms with Crippen molar-refractivity contribution in [3.05, 3.63) is 29.8 Å². The van der Waals surface area contributed by atoms with E-state index in [1.54, 1.807) is 17.8 Å². The molecule has 0 radical (unpaired) electrons. The van der Waals surface area contributed by atoms with Crippen LogP contribution in [0.25, 0.3) is 0 Å². The zero-order chi connectivity index (χ0) is 17.2. The number of aliphatic hydroxyl groups is 1. The molecular formula is C16H17NaO6S2. The third kappa shape index (κ3) is 3.25. The van der Waals surface area contributed by atoms with Crippen molar-refractivity contribution in [1.82, 2.24) is 0 Å². The monoisotopic (exact) mass is 392 g/mol. The topological polar surface area (TPSA) is 104 Å². The van der Waals surface area contributed by atoms with E-state index in [0.29, 0.717) is 24.8 Å². The minimum Gasteiger partial charge on any atom is -0.746 e. The van der Waals surface area contributed by atoms with E-state index in [-0.39, 0.29) is 52.9 Å². The molecule has 4 rings (SSSR count). The van der Waals surface area contributed by atoms with Gasteiger partial charge in [-0.25, -0.2) is 8.42 Å². The third-order valence-electron chi connectivity index (χ3n) is 5.36. The number of hydrogen-bond acceptors (Lipinski definition) is 7. The standard InChI is InChI=1S/C16H18O6S2.Na/c17-14-10-3-1-2-4-12(10)23-13-5-6-15(7-11(13)14)8-16(18,9-22-15)24(19,20)21;/h1-4,11,13,18H,5-9H2,(H,19,20,21);/q;+1/p-1. The smallest absolute Gasteiger partial charge is 0.746 e. The molecule has 4 unspecified atom stereocenters. The minimum absolute atomic E-state index is 0. The molecule has 3 aliphatic rings. The van der Waals surface area contributed by atoms with Gasteiger partial charge in [0, 0.05) is 28.0 Å². The molecule has 1 aromatic rings. The van der Waals surface area contributed by atoms with Crippen LogP contribution in [-0.2, 0) is 14.9 Å². The molecule has 25 heavy (non-hydrogen) atoms. The molecule has 1 saturated carbocycles. The van der Waals surface area contributed by atoms with E-state index in [4.69, 9.17) is 4.74 Å². The molecule has 2 aliphatic heterocycles. The van der Waals surface area contributed by atoms with Crippen molar-refractivity contribution in [2.45, 2.75) is 46.4 Å². The van der Waals surface area contributed by atoms with Crippen LogP contribution in [0, 0.1) is 5.92 Å². The molecular weight excluding hydrogens is 375 g/mol. The van der Waals surface area contributed by atoms with Gasteiger partial charge in [0.15, 0.2) is 10.7 Å². The van der Waals surface area contributed by atoms with Crippen LogP contribution in [-0.4, -0.2) is 46.3 Å². The van der Waals surface area contributed by atoms with Crippen LogP contribution in [0.4, 0.5) is 0 Å². The van der Waals surface area contributed by atoms with Gasteiger partial charge in [-0.3, -0.25) is 4.79 Å². The molecule has 130 valence electrons. The first-order valence-electron chi connectivity index (χ1n) is 7.85. The van der Waals surface area contributed by atoms with E-state index < -0.39 is 27.3 Å². The molecule has 1 N–H and O–H groups in total. The Bertz CT molecular complexity index is 813. The second-order valence-corrected chi connectivity index (χ2v) is 9.86. The average molecular weight is 392 g/mol. The SMILES string of the molecule is O=C1c2ccccc2SC2CCC3(CC12)CC(O)(S(=O)(=O)[O-])CO3.[Na+].